The predicted molar refractivity (Wildman–Crippen MR) is 53.2 cm³/mol. The Bertz CT molecular complexity index is 140. The van der Waals surface area contributed by atoms with Crippen LogP contribution in [0.5, 0.6) is 0 Å². The Hall–Kier alpha value is 0. The van der Waals surface area contributed by atoms with Gasteiger partial charge in [0.2, 0.25) is 0 Å². The van der Waals surface area contributed by atoms with E-state index in [1.54, 1.807) is 32.1 Å². The molecule has 0 aliphatic heterocycles. The largest absolute Gasteiger partial charge is 0.0654 e. The number of hydrogen-bond acceptors (Lipinski definition) is 0. The molecular weight excluding hydrogens is 144 g/mol. The minimum absolute atomic E-state index is 0.896. The van der Waals surface area contributed by atoms with Crippen LogP contribution in [-0.2, 0) is 0 Å². The van der Waals surface area contributed by atoms with Crippen LogP contribution in [0.25, 0.3) is 0 Å². The van der Waals surface area contributed by atoms with E-state index in [1.165, 1.54) is 25.7 Å². The lowest BCUT2D eigenvalue weighted by Gasteiger charge is -2.34. The molecule has 0 spiro atoms. The van der Waals surface area contributed by atoms with Gasteiger partial charge in [0.25, 0.3) is 0 Å². The maximum atomic E-state index is 2.31. The molecule has 0 heterocycles. The summed E-state index contributed by atoms with van der Waals surface area (Å²) < 4.78 is 0. The molecule has 12 heavy (non-hydrogen) atoms. The summed E-state index contributed by atoms with van der Waals surface area (Å²) in [4.78, 5) is 0. The summed E-state index contributed by atoms with van der Waals surface area (Å²) in [6.07, 6.45) is 13.7. The van der Waals surface area contributed by atoms with Crippen LogP contribution in [0.1, 0.15) is 64.7 Å². The second-order valence-electron chi connectivity index (χ2n) is 4.95. The van der Waals surface area contributed by atoms with Crippen LogP contribution in [0.15, 0.2) is 0 Å². The van der Waals surface area contributed by atoms with Gasteiger partial charge in [-0.1, -0.05) is 32.6 Å². The van der Waals surface area contributed by atoms with Crippen molar-refractivity contribution in [3.63, 3.8) is 0 Å². The molecule has 0 N–H and O–H groups in total. The molecular formula is C12H22. The first-order valence-corrected chi connectivity index (χ1v) is 5.87. The van der Waals surface area contributed by atoms with Gasteiger partial charge in [-0.2, -0.15) is 0 Å². The highest BCUT2D eigenvalue weighted by Gasteiger charge is 2.49. The molecule has 0 bridgehead atoms. The normalized spacial score (nSPS) is 26.8. The first kappa shape index (κ1) is 8.59. The quantitative estimate of drug-likeness (QED) is 0.538. The van der Waals surface area contributed by atoms with E-state index in [0.717, 1.165) is 11.3 Å². The summed E-state index contributed by atoms with van der Waals surface area (Å²) in [6, 6.07) is 0. The first-order chi connectivity index (χ1) is 5.87. The van der Waals surface area contributed by atoms with Crippen molar-refractivity contribution in [2.45, 2.75) is 64.7 Å². The van der Waals surface area contributed by atoms with Crippen molar-refractivity contribution < 1.29 is 0 Å². The Balaban J connectivity index is 1.70. The number of unbranched alkanes of at least 4 members (excludes halogenated alkanes) is 2. The summed E-state index contributed by atoms with van der Waals surface area (Å²) in [7, 11) is 0. The molecule has 0 radical (unpaired) electrons. The van der Waals surface area contributed by atoms with E-state index < -0.39 is 0 Å². The van der Waals surface area contributed by atoms with Gasteiger partial charge in [0, 0.05) is 0 Å². The second kappa shape index (κ2) is 3.40. The standard InChI is InChI=1S/C12H22/c1-2-3-4-8-12(9-10-12)11-6-5-7-11/h11H,2-10H2,1H3. The molecule has 70 valence electrons. The Labute approximate surface area is 76.7 Å². The highest BCUT2D eigenvalue weighted by atomic mass is 14.5. The SMILES string of the molecule is CCCCCC1(C2CCC2)CC1. The van der Waals surface area contributed by atoms with Crippen LogP contribution in [-0.4, -0.2) is 0 Å². The summed E-state index contributed by atoms with van der Waals surface area (Å²) in [5.41, 5.74) is 0.896. The van der Waals surface area contributed by atoms with Gasteiger partial charge < -0.3 is 0 Å². The minimum atomic E-state index is 0.896. The fourth-order valence-corrected chi connectivity index (χ4v) is 2.77. The topological polar surface area (TPSA) is 0 Å². The summed E-state index contributed by atoms with van der Waals surface area (Å²) in [5.74, 6) is 1.16. The lowest BCUT2D eigenvalue weighted by Crippen LogP contribution is -2.23. The van der Waals surface area contributed by atoms with Crippen molar-refractivity contribution in [1.82, 2.24) is 0 Å². The third-order valence-electron chi connectivity index (χ3n) is 4.14. The molecule has 0 saturated heterocycles. The molecule has 2 saturated carbocycles. The molecule has 2 aliphatic carbocycles. The molecule has 0 unspecified atom stereocenters. The van der Waals surface area contributed by atoms with Crippen LogP contribution in [0.2, 0.25) is 0 Å². The van der Waals surface area contributed by atoms with Gasteiger partial charge >= 0.3 is 0 Å². The van der Waals surface area contributed by atoms with E-state index >= 15 is 0 Å². The fraction of sp³-hybridized carbons (Fsp3) is 1.00. The zero-order valence-corrected chi connectivity index (χ0v) is 8.44. The van der Waals surface area contributed by atoms with Gasteiger partial charge in [-0.25, -0.2) is 0 Å². The van der Waals surface area contributed by atoms with E-state index in [0.29, 0.717) is 0 Å². The molecule has 2 aliphatic rings. The van der Waals surface area contributed by atoms with Crippen molar-refractivity contribution in [1.29, 1.82) is 0 Å². The Kier molecular flexibility index (Phi) is 2.43. The van der Waals surface area contributed by atoms with Gasteiger partial charge in [-0.3, -0.25) is 0 Å². The summed E-state index contributed by atoms with van der Waals surface area (Å²) >= 11 is 0. The lowest BCUT2D eigenvalue weighted by molar-refractivity contribution is 0.171. The number of rotatable bonds is 5. The zero-order valence-electron chi connectivity index (χ0n) is 8.44. The third kappa shape index (κ3) is 1.53. The van der Waals surface area contributed by atoms with E-state index in [9.17, 15) is 0 Å². The maximum absolute atomic E-state index is 2.31. The van der Waals surface area contributed by atoms with Gasteiger partial charge in [0.05, 0.1) is 0 Å². The van der Waals surface area contributed by atoms with Crippen LogP contribution in [0.3, 0.4) is 0 Å². The fourth-order valence-electron chi connectivity index (χ4n) is 2.77. The van der Waals surface area contributed by atoms with E-state index in [4.69, 9.17) is 0 Å². The Morgan fingerprint density at radius 3 is 2.33 bits per heavy atom. The first-order valence-electron chi connectivity index (χ1n) is 5.87. The van der Waals surface area contributed by atoms with E-state index in [1.807, 2.05) is 0 Å². The predicted octanol–water partition coefficient (Wildman–Crippen LogP) is 4.15. The summed E-state index contributed by atoms with van der Waals surface area (Å²) in [6.45, 7) is 2.31. The van der Waals surface area contributed by atoms with Gasteiger partial charge in [-0.15, -0.1) is 0 Å². The molecule has 0 atom stereocenters. The van der Waals surface area contributed by atoms with E-state index in [2.05, 4.69) is 6.92 Å². The van der Waals surface area contributed by atoms with Gasteiger partial charge in [-0.05, 0) is 43.4 Å². The van der Waals surface area contributed by atoms with Crippen LogP contribution in [0.4, 0.5) is 0 Å². The molecule has 0 aromatic rings. The molecule has 0 aromatic heterocycles. The van der Waals surface area contributed by atoms with Crippen molar-refractivity contribution in [3.05, 3.63) is 0 Å². The maximum Gasteiger partial charge on any atom is -0.0269 e. The molecule has 0 aromatic carbocycles. The Morgan fingerprint density at radius 1 is 1.17 bits per heavy atom. The molecule has 0 heteroatoms. The average molecular weight is 166 g/mol. The average Bonchev–Trinajstić information content (AvgIpc) is 2.66. The van der Waals surface area contributed by atoms with Crippen molar-refractivity contribution in [3.8, 4) is 0 Å². The number of hydrogen-bond donors (Lipinski definition) is 0. The van der Waals surface area contributed by atoms with Gasteiger partial charge in [0.15, 0.2) is 0 Å². The molecule has 2 rings (SSSR count). The van der Waals surface area contributed by atoms with E-state index in [-0.39, 0.29) is 0 Å². The molecule has 0 nitrogen and oxygen atoms in total. The second-order valence-corrected chi connectivity index (χ2v) is 4.95. The van der Waals surface area contributed by atoms with Crippen molar-refractivity contribution >= 4 is 0 Å². The smallest absolute Gasteiger partial charge is 0.0269 e. The molecule has 0 amide bonds. The zero-order chi connectivity index (χ0) is 8.44. The van der Waals surface area contributed by atoms with Crippen molar-refractivity contribution in [2.24, 2.45) is 11.3 Å². The Morgan fingerprint density at radius 2 is 1.92 bits per heavy atom. The lowest BCUT2D eigenvalue weighted by atomic mass is 9.71. The minimum Gasteiger partial charge on any atom is -0.0654 e. The van der Waals surface area contributed by atoms with Crippen LogP contribution < -0.4 is 0 Å². The summed E-state index contributed by atoms with van der Waals surface area (Å²) in [5, 5.41) is 0. The van der Waals surface area contributed by atoms with Crippen LogP contribution >= 0.6 is 0 Å². The highest BCUT2D eigenvalue weighted by molar-refractivity contribution is 5.00. The molecule has 2 fully saturated rings. The highest BCUT2D eigenvalue weighted by Crippen LogP contribution is 2.61. The van der Waals surface area contributed by atoms with Crippen LogP contribution in [0, 0.1) is 11.3 Å². The third-order valence-corrected chi connectivity index (χ3v) is 4.14. The van der Waals surface area contributed by atoms with Gasteiger partial charge in [0.1, 0.15) is 0 Å². The monoisotopic (exact) mass is 166 g/mol. The van der Waals surface area contributed by atoms with Crippen molar-refractivity contribution in [2.75, 3.05) is 0 Å².